The average Bonchev–Trinajstić information content (AvgIpc) is 1.97. The third-order valence-corrected chi connectivity index (χ3v) is 1.52. The van der Waals surface area contributed by atoms with E-state index in [1.54, 1.807) is 0 Å². The Hall–Kier alpha value is -0.500. The van der Waals surface area contributed by atoms with Gasteiger partial charge in [0.2, 0.25) is 0 Å². The minimum Gasteiger partial charge on any atom is -0.390 e. The molecule has 11 heavy (non-hydrogen) atoms. The number of nitrogens with one attached hydrogen (secondary N) is 1. The fourth-order valence-electron chi connectivity index (χ4n) is 0.831. The fourth-order valence-corrected chi connectivity index (χ4v) is 0.831. The molecule has 0 aliphatic carbocycles. The zero-order chi connectivity index (χ0) is 8.69. The van der Waals surface area contributed by atoms with E-state index >= 15 is 0 Å². The molecule has 0 bridgehead atoms. The number of hydrogen-bond donors (Lipinski definition) is 2. The van der Waals surface area contributed by atoms with Gasteiger partial charge in [-0.05, 0) is 18.8 Å². The highest BCUT2D eigenvalue weighted by atomic mass is 16.3. The van der Waals surface area contributed by atoms with Gasteiger partial charge in [-0.2, -0.15) is 0 Å². The van der Waals surface area contributed by atoms with Crippen LogP contribution >= 0.6 is 0 Å². The Kier molecular flexibility index (Phi) is 5.94. The minimum atomic E-state index is 0.0433. The van der Waals surface area contributed by atoms with Gasteiger partial charge in [0.15, 0.2) is 0 Å². The lowest BCUT2D eigenvalue weighted by Crippen LogP contribution is -2.16. The third kappa shape index (κ3) is 7.40. The summed E-state index contributed by atoms with van der Waals surface area (Å²) in [6.45, 7) is 9.02. The predicted molar refractivity (Wildman–Crippen MR) is 48.3 cm³/mol. The Labute approximate surface area is 69.3 Å². The quantitative estimate of drug-likeness (QED) is 0.573. The van der Waals surface area contributed by atoms with Crippen LogP contribution in [0.1, 0.15) is 26.7 Å². The van der Waals surface area contributed by atoms with Crippen LogP contribution < -0.4 is 5.32 Å². The number of hydrogen-bond acceptors (Lipinski definition) is 2. The lowest BCUT2D eigenvalue weighted by Gasteiger charge is -2.07. The van der Waals surface area contributed by atoms with Gasteiger partial charge in [-0.25, -0.2) is 0 Å². The lowest BCUT2D eigenvalue weighted by molar-refractivity contribution is 0.321. The Balaban J connectivity index is 3.08. The molecule has 2 nitrogen and oxygen atoms in total. The Bertz CT molecular complexity index is 110. The zero-order valence-electron chi connectivity index (χ0n) is 7.56. The molecular formula is C9H19NO. The average molecular weight is 157 g/mol. The van der Waals surface area contributed by atoms with Crippen LogP contribution in [0.4, 0.5) is 0 Å². The topological polar surface area (TPSA) is 32.3 Å². The molecule has 0 aromatic rings. The van der Waals surface area contributed by atoms with Crippen molar-refractivity contribution in [1.82, 2.24) is 5.32 Å². The maximum absolute atomic E-state index is 8.58. The fraction of sp³-hybridized carbons (Fsp3) is 0.778. The van der Waals surface area contributed by atoms with Crippen LogP contribution in [-0.4, -0.2) is 18.3 Å². The van der Waals surface area contributed by atoms with Crippen LogP contribution in [0, 0.1) is 5.92 Å². The van der Waals surface area contributed by atoms with Crippen molar-refractivity contribution in [3.63, 3.8) is 0 Å². The summed E-state index contributed by atoms with van der Waals surface area (Å²) in [6, 6.07) is 0. The van der Waals surface area contributed by atoms with Crippen molar-refractivity contribution >= 4 is 0 Å². The molecule has 0 atom stereocenters. The van der Waals surface area contributed by atoms with E-state index in [2.05, 4.69) is 25.7 Å². The highest BCUT2D eigenvalue weighted by Crippen LogP contribution is 2.01. The molecular weight excluding hydrogens is 138 g/mol. The summed E-state index contributed by atoms with van der Waals surface area (Å²) in [5, 5.41) is 11.6. The van der Waals surface area contributed by atoms with Crippen molar-refractivity contribution in [3.05, 3.63) is 12.3 Å². The standard InChI is InChI=1S/C9H19NO/c1-8(2)5-4-6-10-9(3)7-11/h8,10-11H,3-7H2,1-2H3. The molecule has 0 aliphatic rings. The number of aliphatic hydroxyl groups excluding tert-OH is 1. The second-order valence-electron chi connectivity index (χ2n) is 3.22. The van der Waals surface area contributed by atoms with Crippen LogP contribution in [0.2, 0.25) is 0 Å². The van der Waals surface area contributed by atoms with Crippen LogP contribution in [0.3, 0.4) is 0 Å². The molecule has 0 aliphatic heterocycles. The molecule has 0 heterocycles. The van der Waals surface area contributed by atoms with E-state index in [0.717, 1.165) is 18.9 Å². The van der Waals surface area contributed by atoms with E-state index in [0.29, 0.717) is 5.70 Å². The number of rotatable bonds is 6. The van der Waals surface area contributed by atoms with Gasteiger partial charge >= 0.3 is 0 Å². The summed E-state index contributed by atoms with van der Waals surface area (Å²) in [4.78, 5) is 0. The molecule has 0 saturated carbocycles. The second kappa shape index (κ2) is 6.23. The van der Waals surface area contributed by atoms with Gasteiger partial charge in [-0.1, -0.05) is 20.4 Å². The highest BCUT2D eigenvalue weighted by molar-refractivity contribution is 4.89. The summed E-state index contributed by atoms with van der Waals surface area (Å²) in [5.41, 5.74) is 0.716. The molecule has 2 heteroatoms. The van der Waals surface area contributed by atoms with E-state index in [1.807, 2.05) is 0 Å². The van der Waals surface area contributed by atoms with Crippen LogP contribution in [0.25, 0.3) is 0 Å². The van der Waals surface area contributed by atoms with Crippen LogP contribution in [-0.2, 0) is 0 Å². The summed E-state index contributed by atoms with van der Waals surface area (Å²) in [5.74, 6) is 0.763. The molecule has 0 unspecified atom stereocenters. The molecule has 0 fully saturated rings. The first-order valence-electron chi connectivity index (χ1n) is 4.19. The molecule has 0 aromatic heterocycles. The van der Waals surface area contributed by atoms with Crippen molar-refractivity contribution in [3.8, 4) is 0 Å². The highest BCUT2D eigenvalue weighted by Gasteiger charge is 1.93. The van der Waals surface area contributed by atoms with Gasteiger partial charge in [-0.15, -0.1) is 0 Å². The minimum absolute atomic E-state index is 0.0433. The maximum Gasteiger partial charge on any atom is 0.0821 e. The Morgan fingerprint density at radius 2 is 2.18 bits per heavy atom. The van der Waals surface area contributed by atoms with Gasteiger partial charge in [-0.3, -0.25) is 0 Å². The van der Waals surface area contributed by atoms with Crippen molar-refractivity contribution < 1.29 is 5.11 Å². The zero-order valence-corrected chi connectivity index (χ0v) is 7.56. The molecule has 0 saturated heterocycles. The molecule has 2 N–H and O–H groups in total. The van der Waals surface area contributed by atoms with Crippen LogP contribution in [0.5, 0.6) is 0 Å². The molecule has 0 rings (SSSR count). The van der Waals surface area contributed by atoms with Gasteiger partial charge in [0, 0.05) is 12.2 Å². The van der Waals surface area contributed by atoms with Gasteiger partial charge in [0.25, 0.3) is 0 Å². The van der Waals surface area contributed by atoms with E-state index < -0.39 is 0 Å². The summed E-state index contributed by atoms with van der Waals surface area (Å²) < 4.78 is 0. The SMILES string of the molecule is C=C(CO)NCCCC(C)C. The van der Waals surface area contributed by atoms with Gasteiger partial charge in [0.1, 0.15) is 0 Å². The lowest BCUT2D eigenvalue weighted by atomic mass is 10.1. The van der Waals surface area contributed by atoms with Crippen molar-refractivity contribution in [2.45, 2.75) is 26.7 Å². The van der Waals surface area contributed by atoms with Crippen LogP contribution in [0.15, 0.2) is 12.3 Å². The van der Waals surface area contributed by atoms with E-state index in [1.165, 1.54) is 6.42 Å². The molecule has 0 aromatic carbocycles. The predicted octanol–water partition coefficient (Wildman–Crippen LogP) is 1.52. The maximum atomic E-state index is 8.58. The molecule has 0 radical (unpaired) electrons. The molecule has 0 amide bonds. The van der Waals surface area contributed by atoms with Crippen molar-refractivity contribution in [2.24, 2.45) is 5.92 Å². The monoisotopic (exact) mass is 157 g/mol. The molecule has 0 spiro atoms. The number of aliphatic hydroxyl groups is 1. The van der Waals surface area contributed by atoms with Gasteiger partial charge in [0.05, 0.1) is 6.61 Å². The first-order chi connectivity index (χ1) is 5.16. The Morgan fingerprint density at radius 1 is 1.55 bits per heavy atom. The smallest absolute Gasteiger partial charge is 0.0821 e. The normalized spacial score (nSPS) is 10.2. The first-order valence-corrected chi connectivity index (χ1v) is 4.19. The summed E-state index contributed by atoms with van der Waals surface area (Å²) in [6.07, 6.45) is 2.38. The van der Waals surface area contributed by atoms with Gasteiger partial charge < -0.3 is 10.4 Å². The Morgan fingerprint density at radius 3 is 2.64 bits per heavy atom. The van der Waals surface area contributed by atoms with Crippen molar-refractivity contribution in [1.29, 1.82) is 0 Å². The van der Waals surface area contributed by atoms with E-state index in [9.17, 15) is 0 Å². The molecule has 66 valence electrons. The summed E-state index contributed by atoms with van der Waals surface area (Å²) >= 11 is 0. The third-order valence-electron chi connectivity index (χ3n) is 1.52. The second-order valence-corrected chi connectivity index (χ2v) is 3.22. The largest absolute Gasteiger partial charge is 0.390 e. The van der Waals surface area contributed by atoms with Crippen molar-refractivity contribution in [2.75, 3.05) is 13.2 Å². The summed E-state index contributed by atoms with van der Waals surface area (Å²) in [7, 11) is 0. The first kappa shape index (κ1) is 10.5. The van der Waals surface area contributed by atoms with E-state index in [-0.39, 0.29) is 6.61 Å². The van der Waals surface area contributed by atoms with E-state index in [4.69, 9.17) is 5.11 Å².